The highest BCUT2D eigenvalue weighted by molar-refractivity contribution is 9.10. The van der Waals surface area contributed by atoms with Crippen LogP contribution >= 0.6 is 27.5 Å². The van der Waals surface area contributed by atoms with Crippen LogP contribution in [0.5, 0.6) is 0 Å². The smallest absolute Gasteiger partial charge is 0.165 e. The molecular formula is C8H13BrClN3. The molecule has 3 nitrogen and oxygen atoms in total. The summed E-state index contributed by atoms with van der Waals surface area (Å²) >= 11 is 8.92. The first kappa shape index (κ1) is 12.7. The molecule has 0 N–H and O–H groups in total. The monoisotopic (exact) mass is 265 g/mol. The normalized spacial score (nSPS) is 8.77. The molecule has 1 aromatic rings. The lowest BCUT2D eigenvalue weighted by Gasteiger charge is -2.11. The molecule has 0 aliphatic heterocycles. The number of aromatic nitrogens is 2. The van der Waals surface area contributed by atoms with Gasteiger partial charge in [0.05, 0.1) is 4.47 Å². The lowest BCUT2D eigenvalue weighted by atomic mass is 10.5. The first-order chi connectivity index (χ1) is 6.11. The molecule has 1 rings (SSSR count). The molecule has 1 heterocycles. The van der Waals surface area contributed by atoms with Gasteiger partial charge in [-0.3, -0.25) is 0 Å². The third-order valence-corrected chi connectivity index (χ3v) is 1.89. The van der Waals surface area contributed by atoms with Gasteiger partial charge in [-0.15, -0.1) is 10.2 Å². The van der Waals surface area contributed by atoms with Crippen LogP contribution in [0.3, 0.4) is 0 Å². The van der Waals surface area contributed by atoms with Gasteiger partial charge in [-0.05, 0) is 22.0 Å². The highest BCUT2D eigenvalue weighted by Gasteiger charge is 2.04. The van der Waals surface area contributed by atoms with Crippen LogP contribution in [0.25, 0.3) is 0 Å². The zero-order valence-corrected chi connectivity index (χ0v) is 10.5. The van der Waals surface area contributed by atoms with Crippen LogP contribution in [-0.4, -0.2) is 24.3 Å². The summed E-state index contributed by atoms with van der Waals surface area (Å²) in [5.74, 6) is 0.773. The zero-order chi connectivity index (χ0) is 10.4. The zero-order valence-electron chi connectivity index (χ0n) is 8.17. The average Bonchev–Trinajstić information content (AvgIpc) is 2.07. The number of rotatable bonds is 1. The predicted molar refractivity (Wildman–Crippen MR) is 60.4 cm³/mol. The molecule has 0 atom stereocenters. The van der Waals surface area contributed by atoms with Gasteiger partial charge in [0.1, 0.15) is 0 Å². The van der Waals surface area contributed by atoms with Gasteiger partial charge in [-0.2, -0.15) is 0 Å². The van der Waals surface area contributed by atoms with Crippen molar-refractivity contribution in [2.75, 3.05) is 19.0 Å². The first-order valence-electron chi connectivity index (χ1n) is 3.97. The Morgan fingerprint density at radius 3 is 2.23 bits per heavy atom. The van der Waals surface area contributed by atoms with Crippen molar-refractivity contribution in [2.24, 2.45) is 0 Å². The summed E-state index contributed by atoms with van der Waals surface area (Å²) in [6.07, 6.45) is 0. The number of nitrogens with zero attached hydrogens (tertiary/aromatic N) is 3. The van der Waals surface area contributed by atoms with Gasteiger partial charge < -0.3 is 4.90 Å². The summed E-state index contributed by atoms with van der Waals surface area (Å²) in [6.45, 7) is 4.00. The van der Waals surface area contributed by atoms with E-state index in [0.717, 1.165) is 10.3 Å². The summed E-state index contributed by atoms with van der Waals surface area (Å²) in [4.78, 5) is 1.85. The van der Waals surface area contributed by atoms with Crippen molar-refractivity contribution in [3.8, 4) is 0 Å². The Balaban J connectivity index is 0.000000671. The van der Waals surface area contributed by atoms with Crippen molar-refractivity contribution < 1.29 is 0 Å². The highest BCUT2D eigenvalue weighted by Crippen LogP contribution is 2.22. The van der Waals surface area contributed by atoms with E-state index in [-0.39, 0.29) is 0 Å². The maximum Gasteiger partial charge on any atom is 0.165 e. The predicted octanol–water partition coefficient (Wildman–Crippen LogP) is 2.98. The molecule has 0 saturated carbocycles. The maximum atomic E-state index is 5.60. The third-order valence-electron chi connectivity index (χ3n) is 1.12. The fourth-order valence-corrected chi connectivity index (χ4v) is 1.57. The van der Waals surface area contributed by atoms with E-state index in [1.807, 2.05) is 32.8 Å². The molecule has 5 heteroatoms. The minimum Gasteiger partial charge on any atom is -0.360 e. The van der Waals surface area contributed by atoms with Crippen molar-refractivity contribution >= 4 is 33.3 Å². The summed E-state index contributed by atoms with van der Waals surface area (Å²) in [6, 6.07) is 1.71. The van der Waals surface area contributed by atoms with Crippen molar-refractivity contribution in [3.05, 3.63) is 15.7 Å². The molecule has 0 bridgehead atoms. The number of anilines is 1. The SMILES string of the molecule is CC.CN(C)c1nnc(Cl)cc1Br. The van der Waals surface area contributed by atoms with E-state index in [4.69, 9.17) is 11.6 Å². The molecule has 13 heavy (non-hydrogen) atoms. The molecule has 0 spiro atoms. The lowest BCUT2D eigenvalue weighted by molar-refractivity contribution is 0.957. The Bertz CT molecular complexity index is 266. The van der Waals surface area contributed by atoms with Gasteiger partial charge in [-0.25, -0.2) is 0 Å². The number of hydrogen-bond acceptors (Lipinski definition) is 3. The van der Waals surface area contributed by atoms with Gasteiger partial charge in [0.25, 0.3) is 0 Å². The topological polar surface area (TPSA) is 29.0 Å². The molecule has 0 amide bonds. The quantitative estimate of drug-likeness (QED) is 0.782. The molecule has 0 aliphatic rings. The molecular weight excluding hydrogens is 253 g/mol. The fourth-order valence-electron chi connectivity index (χ4n) is 0.644. The van der Waals surface area contributed by atoms with Gasteiger partial charge in [0.15, 0.2) is 11.0 Å². The first-order valence-corrected chi connectivity index (χ1v) is 5.14. The Kier molecular flexibility index (Phi) is 5.99. The maximum absolute atomic E-state index is 5.60. The largest absolute Gasteiger partial charge is 0.360 e. The van der Waals surface area contributed by atoms with Crippen LogP contribution in [0.2, 0.25) is 5.15 Å². The van der Waals surface area contributed by atoms with Crippen molar-refractivity contribution in [1.29, 1.82) is 0 Å². The molecule has 0 saturated heterocycles. The second kappa shape index (κ2) is 6.16. The van der Waals surface area contributed by atoms with Crippen LogP contribution in [0.1, 0.15) is 13.8 Å². The molecule has 0 aromatic carbocycles. The summed E-state index contributed by atoms with van der Waals surface area (Å²) in [5, 5.41) is 7.97. The number of halogens is 2. The molecule has 1 aromatic heterocycles. The van der Waals surface area contributed by atoms with Crippen LogP contribution in [0, 0.1) is 0 Å². The molecule has 0 unspecified atom stereocenters. The number of hydrogen-bond donors (Lipinski definition) is 0. The van der Waals surface area contributed by atoms with Crippen LogP contribution in [0.15, 0.2) is 10.5 Å². The van der Waals surface area contributed by atoms with Gasteiger partial charge in [0.2, 0.25) is 0 Å². The lowest BCUT2D eigenvalue weighted by Crippen LogP contribution is -2.11. The minimum absolute atomic E-state index is 0.391. The molecule has 74 valence electrons. The van der Waals surface area contributed by atoms with E-state index >= 15 is 0 Å². The van der Waals surface area contributed by atoms with Gasteiger partial charge in [0, 0.05) is 14.1 Å². The fraction of sp³-hybridized carbons (Fsp3) is 0.500. The molecule has 0 radical (unpaired) electrons. The van der Waals surface area contributed by atoms with E-state index < -0.39 is 0 Å². The second-order valence-electron chi connectivity index (χ2n) is 2.23. The third kappa shape index (κ3) is 3.91. The van der Waals surface area contributed by atoms with Crippen LogP contribution in [0.4, 0.5) is 5.82 Å². The van der Waals surface area contributed by atoms with Crippen LogP contribution in [-0.2, 0) is 0 Å². The van der Waals surface area contributed by atoms with E-state index in [1.165, 1.54) is 0 Å². The molecule has 0 fully saturated rings. The van der Waals surface area contributed by atoms with Gasteiger partial charge in [-0.1, -0.05) is 25.4 Å². The van der Waals surface area contributed by atoms with Crippen molar-refractivity contribution in [1.82, 2.24) is 10.2 Å². The Morgan fingerprint density at radius 2 is 1.85 bits per heavy atom. The van der Waals surface area contributed by atoms with Gasteiger partial charge >= 0.3 is 0 Å². The molecule has 0 aliphatic carbocycles. The van der Waals surface area contributed by atoms with E-state index in [9.17, 15) is 0 Å². The summed E-state index contributed by atoms with van der Waals surface area (Å²) in [7, 11) is 3.78. The standard InChI is InChI=1S/C6H7BrClN3.C2H6/c1-11(2)6-4(7)3-5(8)9-10-6;1-2/h3H,1-2H3;1-2H3. The second-order valence-corrected chi connectivity index (χ2v) is 3.47. The Labute approximate surface area is 92.2 Å². The highest BCUT2D eigenvalue weighted by atomic mass is 79.9. The summed E-state index contributed by atoms with van der Waals surface area (Å²) < 4.78 is 0.850. The van der Waals surface area contributed by atoms with Crippen molar-refractivity contribution in [2.45, 2.75) is 13.8 Å². The Hall–Kier alpha value is -0.350. The van der Waals surface area contributed by atoms with E-state index in [1.54, 1.807) is 6.07 Å². The van der Waals surface area contributed by atoms with Crippen LogP contribution < -0.4 is 4.90 Å². The van der Waals surface area contributed by atoms with E-state index in [0.29, 0.717) is 5.15 Å². The average molecular weight is 267 g/mol. The van der Waals surface area contributed by atoms with E-state index in [2.05, 4.69) is 26.1 Å². The summed E-state index contributed by atoms with van der Waals surface area (Å²) in [5.41, 5.74) is 0. The Morgan fingerprint density at radius 1 is 1.31 bits per heavy atom. The van der Waals surface area contributed by atoms with Crippen molar-refractivity contribution in [3.63, 3.8) is 0 Å². The minimum atomic E-state index is 0.391.